The van der Waals surface area contributed by atoms with Crippen LogP contribution in [-0.4, -0.2) is 26.2 Å². The van der Waals surface area contributed by atoms with Gasteiger partial charge in [-0.05, 0) is 24.6 Å². The van der Waals surface area contributed by atoms with Crippen molar-refractivity contribution in [2.45, 2.75) is 11.8 Å². The molecule has 1 aromatic carbocycles. The topological polar surface area (TPSA) is 52.6 Å². The summed E-state index contributed by atoms with van der Waals surface area (Å²) in [5.74, 6) is -1.11. The lowest BCUT2D eigenvalue weighted by molar-refractivity contribution is 0.0555. The van der Waals surface area contributed by atoms with Crippen molar-refractivity contribution in [2.75, 3.05) is 14.2 Å². The molecule has 92 valence electrons. The second kappa shape index (κ2) is 5.82. The highest BCUT2D eigenvalue weighted by molar-refractivity contribution is 9.09. The van der Waals surface area contributed by atoms with Gasteiger partial charge in [0.2, 0.25) is 0 Å². The van der Waals surface area contributed by atoms with Gasteiger partial charge in [0.05, 0.1) is 25.3 Å². The fourth-order valence-corrected chi connectivity index (χ4v) is 1.66. The van der Waals surface area contributed by atoms with Gasteiger partial charge in [0, 0.05) is 4.83 Å². The third kappa shape index (κ3) is 3.06. The number of methoxy groups -OCH3 is 2. The Morgan fingerprint density at radius 2 is 1.65 bits per heavy atom. The van der Waals surface area contributed by atoms with Crippen LogP contribution in [0.3, 0.4) is 0 Å². The van der Waals surface area contributed by atoms with E-state index in [-0.39, 0.29) is 16.0 Å². The maximum absolute atomic E-state index is 11.6. The Kier molecular flexibility index (Phi) is 4.69. The smallest absolute Gasteiger partial charge is 0.338 e. The molecule has 0 heterocycles. The van der Waals surface area contributed by atoms with E-state index in [0.717, 1.165) is 5.56 Å². The summed E-state index contributed by atoms with van der Waals surface area (Å²) < 4.78 is 9.26. The highest BCUT2D eigenvalue weighted by atomic mass is 79.9. The van der Waals surface area contributed by atoms with E-state index >= 15 is 0 Å². The minimum atomic E-state index is -0.556. The van der Waals surface area contributed by atoms with E-state index in [9.17, 15) is 9.59 Å². The molecule has 0 bridgehead atoms. The summed E-state index contributed by atoms with van der Waals surface area (Å²) in [5.41, 5.74) is 1.30. The zero-order valence-corrected chi connectivity index (χ0v) is 11.4. The maximum atomic E-state index is 11.6. The molecule has 17 heavy (non-hydrogen) atoms. The van der Waals surface area contributed by atoms with Crippen molar-refractivity contribution < 1.29 is 19.1 Å². The zero-order valence-electron chi connectivity index (χ0n) is 9.82. The summed E-state index contributed by atoms with van der Waals surface area (Å²) in [4.78, 5) is 23.2. The molecule has 4 nitrogen and oxygen atoms in total. The summed E-state index contributed by atoms with van der Waals surface area (Å²) in [6.45, 7) is 1.92. The first-order valence-corrected chi connectivity index (χ1v) is 5.87. The summed E-state index contributed by atoms with van der Waals surface area (Å²) >= 11 is 3.40. The van der Waals surface area contributed by atoms with Crippen LogP contribution in [0.5, 0.6) is 0 Å². The zero-order chi connectivity index (χ0) is 13.0. The molecule has 1 aromatic rings. The SMILES string of the molecule is COC(=O)c1ccc(C(C)Br)cc1C(=O)OC. The molecule has 0 saturated carbocycles. The molecule has 0 aliphatic carbocycles. The second-order valence-corrected chi connectivity index (χ2v) is 4.78. The molecular weight excluding hydrogens is 288 g/mol. The standard InChI is InChI=1S/C12H13BrO4/c1-7(13)8-4-5-9(11(14)16-2)10(6-8)12(15)17-3/h4-7H,1-3H3. The number of hydrogen-bond acceptors (Lipinski definition) is 4. The predicted octanol–water partition coefficient (Wildman–Crippen LogP) is 2.72. The summed E-state index contributed by atoms with van der Waals surface area (Å²) in [6.07, 6.45) is 0. The Balaban J connectivity index is 3.31. The molecule has 5 heteroatoms. The fraction of sp³-hybridized carbons (Fsp3) is 0.333. The van der Waals surface area contributed by atoms with E-state index in [1.54, 1.807) is 18.2 Å². The second-order valence-electron chi connectivity index (χ2n) is 3.40. The number of halogens is 1. The number of alkyl halides is 1. The Hall–Kier alpha value is -1.36. The molecule has 0 radical (unpaired) electrons. The van der Waals surface area contributed by atoms with Gasteiger partial charge >= 0.3 is 11.9 Å². The molecule has 0 aliphatic heterocycles. The number of hydrogen-bond donors (Lipinski definition) is 0. The monoisotopic (exact) mass is 300 g/mol. The average molecular weight is 301 g/mol. The van der Waals surface area contributed by atoms with Crippen LogP contribution < -0.4 is 0 Å². The van der Waals surface area contributed by atoms with E-state index in [1.807, 2.05) is 6.92 Å². The number of rotatable bonds is 3. The molecule has 0 aromatic heterocycles. The van der Waals surface area contributed by atoms with Gasteiger partial charge in [-0.1, -0.05) is 22.0 Å². The van der Waals surface area contributed by atoms with Gasteiger partial charge in [-0.3, -0.25) is 0 Å². The Morgan fingerprint density at radius 1 is 1.12 bits per heavy atom. The lowest BCUT2D eigenvalue weighted by Gasteiger charge is -2.10. The van der Waals surface area contributed by atoms with Crippen molar-refractivity contribution in [3.05, 3.63) is 34.9 Å². The maximum Gasteiger partial charge on any atom is 0.338 e. The molecule has 0 fully saturated rings. The molecule has 0 spiro atoms. The number of benzene rings is 1. The van der Waals surface area contributed by atoms with Crippen LogP contribution in [0.25, 0.3) is 0 Å². The van der Waals surface area contributed by atoms with Crippen molar-refractivity contribution in [1.82, 2.24) is 0 Å². The van der Waals surface area contributed by atoms with Gasteiger partial charge < -0.3 is 9.47 Å². The minimum Gasteiger partial charge on any atom is -0.465 e. The van der Waals surface area contributed by atoms with Crippen LogP contribution in [0.2, 0.25) is 0 Å². The lowest BCUT2D eigenvalue weighted by Crippen LogP contribution is -2.12. The van der Waals surface area contributed by atoms with Crippen molar-refractivity contribution in [3.8, 4) is 0 Å². The van der Waals surface area contributed by atoms with Gasteiger partial charge in [-0.25, -0.2) is 9.59 Å². The summed E-state index contributed by atoms with van der Waals surface area (Å²) in [7, 11) is 2.54. The van der Waals surface area contributed by atoms with E-state index in [1.165, 1.54) is 14.2 Å². The van der Waals surface area contributed by atoms with E-state index in [0.29, 0.717) is 0 Å². The predicted molar refractivity (Wildman–Crippen MR) is 66.5 cm³/mol. The normalized spacial score (nSPS) is 11.8. The Labute approximate surface area is 108 Å². The minimum absolute atomic E-state index is 0.0811. The number of carbonyl (C=O) groups excluding carboxylic acids is 2. The quantitative estimate of drug-likeness (QED) is 0.636. The molecule has 0 aliphatic rings. The van der Waals surface area contributed by atoms with E-state index in [2.05, 4.69) is 25.4 Å². The molecule has 0 saturated heterocycles. The van der Waals surface area contributed by atoms with Crippen LogP contribution >= 0.6 is 15.9 Å². The Morgan fingerprint density at radius 3 is 2.12 bits per heavy atom. The van der Waals surface area contributed by atoms with Gasteiger partial charge in [0.25, 0.3) is 0 Å². The number of carbonyl (C=O) groups is 2. The third-order valence-electron chi connectivity index (χ3n) is 2.31. The van der Waals surface area contributed by atoms with Gasteiger partial charge in [0.15, 0.2) is 0 Å². The first-order chi connectivity index (χ1) is 8.01. The molecule has 1 atom stereocenters. The van der Waals surface area contributed by atoms with Gasteiger partial charge in [-0.15, -0.1) is 0 Å². The van der Waals surface area contributed by atoms with Gasteiger partial charge in [0.1, 0.15) is 0 Å². The molecule has 1 unspecified atom stereocenters. The number of ether oxygens (including phenoxy) is 2. The highest BCUT2D eigenvalue weighted by Gasteiger charge is 2.19. The first-order valence-electron chi connectivity index (χ1n) is 4.96. The molecule has 0 N–H and O–H groups in total. The highest BCUT2D eigenvalue weighted by Crippen LogP contribution is 2.24. The van der Waals surface area contributed by atoms with Crippen LogP contribution in [-0.2, 0) is 9.47 Å². The van der Waals surface area contributed by atoms with E-state index in [4.69, 9.17) is 0 Å². The van der Waals surface area contributed by atoms with Crippen molar-refractivity contribution in [1.29, 1.82) is 0 Å². The molecular formula is C12H13BrO4. The van der Waals surface area contributed by atoms with Crippen LogP contribution in [0.15, 0.2) is 18.2 Å². The van der Waals surface area contributed by atoms with E-state index < -0.39 is 11.9 Å². The van der Waals surface area contributed by atoms with Crippen LogP contribution in [0.4, 0.5) is 0 Å². The number of esters is 2. The Bertz CT molecular complexity index is 440. The van der Waals surface area contributed by atoms with Crippen molar-refractivity contribution >= 4 is 27.9 Å². The van der Waals surface area contributed by atoms with Crippen LogP contribution in [0.1, 0.15) is 38.0 Å². The molecule has 1 rings (SSSR count). The van der Waals surface area contributed by atoms with Crippen molar-refractivity contribution in [2.24, 2.45) is 0 Å². The lowest BCUT2D eigenvalue weighted by atomic mass is 10.0. The largest absolute Gasteiger partial charge is 0.465 e. The first kappa shape index (κ1) is 13.7. The molecule has 0 amide bonds. The van der Waals surface area contributed by atoms with Crippen molar-refractivity contribution in [3.63, 3.8) is 0 Å². The third-order valence-corrected chi connectivity index (χ3v) is 2.84. The van der Waals surface area contributed by atoms with Crippen LogP contribution in [0, 0.1) is 0 Å². The fourth-order valence-electron chi connectivity index (χ4n) is 1.38. The summed E-state index contributed by atoms with van der Waals surface area (Å²) in [5, 5.41) is 0. The summed E-state index contributed by atoms with van der Waals surface area (Å²) in [6, 6.07) is 4.95. The van der Waals surface area contributed by atoms with Gasteiger partial charge in [-0.2, -0.15) is 0 Å². The average Bonchev–Trinajstić information content (AvgIpc) is 2.35.